The minimum absolute atomic E-state index is 0.194. The number of hydrogen-bond donors (Lipinski definition) is 2. The highest BCUT2D eigenvalue weighted by molar-refractivity contribution is 6.32. The molecule has 0 unspecified atom stereocenters. The molecular formula is C17H19F3N2O5. The lowest BCUT2D eigenvalue weighted by molar-refractivity contribution is -0.288. The van der Waals surface area contributed by atoms with Gasteiger partial charge in [-0.25, -0.2) is 9.80 Å². The maximum atomic E-state index is 13.5. The van der Waals surface area contributed by atoms with Crippen LogP contribution in [0.5, 0.6) is 5.75 Å². The lowest BCUT2D eigenvalue weighted by Crippen LogP contribution is -2.62. The first-order chi connectivity index (χ1) is 12.3. The van der Waals surface area contributed by atoms with Crippen molar-refractivity contribution in [2.75, 3.05) is 7.11 Å². The predicted molar refractivity (Wildman–Crippen MR) is 87.8 cm³/mol. The largest absolute Gasteiger partial charge is 0.497 e. The van der Waals surface area contributed by atoms with E-state index >= 15 is 0 Å². The van der Waals surface area contributed by atoms with E-state index in [0.717, 1.165) is 0 Å². The van der Waals surface area contributed by atoms with Gasteiger partial charge in [-0.3, -0.25) is 10.2 Å². The Morgan fingerprint density at radius 3 is 2.15 bits per heavy atom. The van der Waals surface area contributed by atoms with E-state index in [-0.39, 0.29) is 16.3 Å². The highest BCUT2D eigenvalue weighted by atomic mass is 19.4. The fourth-order valence-corrected chi connectivity index (χ4v) is 2.25. The molecule has 2 N–H and O–H groups in total. The molecule has 148 valence electrons. The quantitative estimate of drug-likeness (QED) is 0.595. The molecule has 0 saturated carbocycles. The lowest BCUT2D eigenvalue weighted by Gasteiger charge is -2.33. The standard InChI is InChI=1S/C17H19F3N2O5/c1-15(2,3)27-14(24)13(23)22-16(25,17(18,19)20)9-12(21-22)10-5-7-11(26-4)8-6-10/h5-9,21,25H,1-4H3/t16-/m1/s1. The molecule has 7 nitrogen and oxygen atoms in total. The van der Waals surface area contributed by atoms with Crippen LogP contribution in [-0.2, 0) is 14.3 Å². The average molecular weight is 388 g/mol. The summed E-state index contributed by atoms with van der Waals surface area (Å²) in [7, 11) is 1.42. The number of amides is 1. The van der Waals surface area contributed by atoms with Crippen LogP contribution in [0.3, 0.4) is 0 Å². The summed E-state index contributed by atoms with van der Waals surface area (Å²) in [6.45, 7) is 4.35. The molecule has 10 heteroatoms. The number of hydrazine groups is 1. The summed E-state index contributed by atoms with van der Waals surface area (Å²) < 4.78 is 50.2. The summed E-state index contributed by atoms with van der Waals surface area (Å²) in [6.07, 6.45) is -4.86. The molecule has 2 rings (SSSR count). The molecule has 0 radical (unpaired) electrons. The molecule has 1 aromatic carbocycles. The third-order valence-electron chi connectivity index (χ3n) is 3.51. The monoisotopic (exact) mass is 388 g/mol. The molecule has 0 aromatic heterocycles. The van der Waals surface area contributed by atoms with E-state index in [9.17, 15) is 27.9 Å². The van der Waals surface area contributed by atoms with Crippen LogP contribution in [0.15, 0.2) is 30.3 Å². The Balaban J connectivity index is 2.38. The summed E-state index contributed by atoms with van der Waals surface area (Å²) in [5, 5.41) is 9.95. The van der Waals surface area contributed by atoms with E-state index in [0.29, 0.717) is 11.8 Å². The average Bonchev–Trinajstić information content (AvgIpc) is 2.91. The third-order valence-corrected chi connectivity index (χ3v) is 3.51. The number of ether oxygens (including phenoxy) is 2. The summed E-state index contributed by atoms with van der Waals surface area (Å²) >= 11 is 0. The van der Waals surface area contributed by atoms with Gasteiger partial charge in [-0.1, -0.05) is 0 Å². The second-order valence-electron chi connectivity index (χ2n) is 6.76. The van der Waals surface area contributed by atoms with Crippen LogP contribution in [-0.4, -0.2) is 46.6 Å². The molecule has 1 amide bonds. The maximum absolute atomic E-state index is 13.5. The molecule has 0 aliphatic carbocycles. The first-order valence-electron chi connectivity index (χ1n) is 7.79. The highest BCUT2D eigenvalue weighted by Gasteiger charge is 2.62. The van der Waals surface area contributed by atoms with E-state index in [1.807, 2.05) is 0 Å². The van der Waals surface area contributed by atoms with Crippen LogP contribution in [0, 0.1) is 0 Å². The molecule has 1 aliphatic heterocycles. The van der Waals surface area contributed by atoms with E-state index in [1.165, 1.54) is 52.1 Å². The van der Waals surface area contributed by atoms with Crippen molar-refractivity contribution in [3.63, 3.8) is 0 Å². The Morgan fingerprint density at radius 2 is 1.70 bits per heavy atom. The number of aliphatic hydroxyl groups is 1. The molecule has 0 bridgehead atoms. The number of esters is 1. The van der Waals surface area contributed by atoms with Crippen molar-refractivity contribution < 1.29 is 37.3 Å². The number of methoxy groups -OCH3 is 1. The number of hydrogen-bond acceptors (Lipinski definition) is 6. The van der Waals surface area contributed by atoms with Gasteiger partial charge >= 0.3 is 18.1 Å². The topological polar surface area (TPSA) is 88.1 Å². The minimum atomic E-state index is -5.27. The van der Waals surface area contributed by atoms with E-state index in [4.69, 9.17) is 9.47 Å². The predicted octanol–water partition coefficient (Wildman–Crippen LogP) is 1.98. The van der Waals surface area contributed by atoms with Gasteiger partial charge in [0, 0.05) is 6.08 Å². The van der Waals surface area contributed by atoms with Gasteiger partial charge in [0.1, 0.15) is 11.4 Å². The van der Waals surface area contributed by atoms with Crippen LogP contribution in [0.1, 0.15) is 26.3 Å². The summed E-state index contributed by atoms with van der Waals surface area (Å²) in [4.78, 5) is 24.2. The van der Waals surface area contributed by atoms with Gasteiger partial charge in [0.05, 0.1) is 12.8 Å². The molecule has 1 heterocycles. The molecule has 0 fully saturated rings. The van der Waals surface area contributed by atoms with Gasteiger partial charge < -0.3 is 14.6 Å². The number of nitrogens with zero attached hydrogens (tertiary/aromatic N) is 1. The normalized spacial score (nSPS) is 20.0. The SMILES string of the molecule is COc1ccc(C2=C[C@@](O)(C(F)(F)F)N(C(=O)C(=O)OC(C)(C)C)N2)cc1. The van der Waals surface area contributed by atoms with Gasteiger partial charge in [-0.05, 0) is 50.6 Å². The van der Waals surface area contributed by atoms with Gasteiger partial charge in [0.15, 0.2) is 0 Å². The molecule has 1 atom stereocenters. The van der Waals surface area contributed by atoms with Crippen LogP contribution < -0.4 is 10.2 Å². The summed E-state index contributed by atoms with van der Waals surface area (Å²) in [5.74, 6) is -2.77. The van der Waals surface area contributed by atoms with Crippen molar-refractivity contribution in [1.82, 2.24) is 10.4 Å². The number of rotatable bonds is 2. The number of carbonyl (C=O) groups is 2. The van der Waals surface area contributed by atoms with Crippen LogP contribution in [0.25, 0.3) is 5.70 Å². The molecule has 0 spiro atoms. The van der Waals surface area contributed by atoms with E-state index in [2.05, 4.69) is 5.43 Å². The number of nitrogens with one attached hydrogen (secondary N) is 1. The van der Waals surface area contributed by atoms with E-state index in [1.54, 1.807) is 0 Å². The molecule has 1 aromatic rings. The van der Waals surface area contributed by atoms with Crippen molar-refractivity contribution in [3.8, 4) is 5.75 Å². The van der Waals surface area contributed by atoms with Crippen LogP contribution in [0.2, 0.25) is 0 Å². The van der Waals surface area contributed by atoms with Crippen molar-refractivity contribution in [1.29, 1.82) is 0 Å². The van der Waals surface area contributed by atoms with Gasteiger partial charge in [-0.2, -0.15) is 13.2 Å². The first kappa shape index (κ1) is 20.6. The zero-order valence-electron chi connectivity index (χ0n) is 15.0. The Labute approximate surface area is 153 Å². The summed E-state index contributed by atoms with van der Waals surface area (Å²) in [5.41, 5.74) is -2.67. The number of carbonyl (C=O) groups excluding carboxylic acids is 2. The Morgan fingerprint density at radius 1 is 1.15 bits per heavy atom. The zero-order valence-corrected chi connectivity index (χ0v) is 15.0. The minimum Gasteiger partial charge on any atom is -0.497 e. The van der Waals surface area contributed by atoms with Gasteiger partial charge in [0.2, 0.25) is 0 Å². The lowest BCUT2D eigenvalue weighted by atomic mass is 10.1. The molecule has 27 heavy (non-hydrogen) atoms. The highest BCUT2D eigenvalue weighted by Crippen LogP contribution is 2.40. The second-order valence-corrected chi connectivity index (χ2v) is 6.76. The Kier molecular flexibility index (Phi) is 5.15. The maximum Gasteiger partial charge on any atom is 0.442 e. The number of alkyl halides is 3. The zero-order chi connectivity index (χ0) is 20.6. The number of benzene rings is 1. The smallest absolute Gasteiger partial charge is 0.442 e. The van der Waals surface area contributed by atoms with Crippen LogP contribution >= 0.6 is 0 Å². The fraction of sp³-hybridized carbons (Fsp3) is 0.412. The molecule has 0 saturated heterocycles. The Bertz CT molecular complexity index is 768. The van der Waals surface area contributed by atoms with Crippen LogP contribution in [0.4, 0.5) is 13.2 Å². The Hall–Kier alpha value is -2.75. The van der Waals surface area contributed by atoms with Gasteiger partial charge in [-0.15, -0.1) is 0 Å². The second kappa shape index (κ2) is 6.76. The number of halogens is 3. The van der Waals surface area contributed by atoms with Crippen molar-refractivity contribution >= 4 is 17.6 Å². The fourth-order valence-electron chi connectivity index (χ4n) is 2.25. The first-order valence-corrected chi connectivity index (χ1v) is 7.79. The summed E-state index contributed by atoms with van der Waals surface area (Å²) in [6, 6.07) is 5.83. The van der Waals surface area contributed by atoms with Crippen molar-refractivity contribution in [3.05, 3.63) is 35.9 Å². The molecule has 1 aliphatic rings. The van der Waals surface area contributed by atoms with E-state index < -0.39 is 29.4 Å². The van der Waals surface area contributed by atoms with Gasteiger partial charge in [0.25, 0.3) is 5.72 Å². The van der Waals surface area contributed by atoms with Crippen molar-refractivity contribution in [2.24, 2.45) is 0 Å². The van der Waals surface area contributed by atoms with Crippen molar-refractivity contribution in [2.45, 2.75) is 38.3 Å². The third kappa shape index (κ3) is 4.16. The molecular weight excluding hydrogens is 369 g/mol.